The number of nitrogens with one attached hydrogen (secondary N) is 2. The van der Waals surface area contributed by atoms with Crippen molar-refractivity contribution < 1.29 is 9.59 Å². The molecule has 0 aliphatic carbocycles. The molecule has 0 fully saturated rings. The van der Waals surface area contributed by atoms with Crippen LogP contribution in [0.4, 0.5) is 0 Å². The van der Waals surface area contributed by atoms with Crippen molar-refractivity contribution in [1.29, 1.82) is 0 Å². The molecule has 4 heteroatoms. The van der Waals surface area contributed by atoms with E-state index in [2.05, 4.69) is 17.6 Å². The van der Waals surface area contributed by atoms with Crippen LogP contribution < -0.4 is 10.6 Å². The van der Waals surface area contributed by atoms with Crippen molar-refractivity contribution in [2.75, 3.05) is 6.54 Å². The smallest absolute Gasteiger partial charge is 0.309 e. The first-order chi connectivity index (χ1) is 9.61. The quantitative estimate of drug-likeness (QED) is 0.452. The molecule has 0 radical (unpaired) electrons. The molecule has 0 rings (SSSR count). The van der Waals surface area contributed by atoms with Gasteiger partial charge >= 0.3 is 11.8 Å². The van der Waals surface area contributed by atoms with Crippen LogP contribution in [0.25, 0.3) is 0 Å². The summed E-state index contributed by atoms with van der Waals surface area (Å²) in [4.78, 5) is 22.9. The molecule has 1 atom stereocenters. The summed E-state index contributed by atoms with van der Waals surface area (Å²) in [7, 11) is 0. The van der Waals surface area contributed by atoms with Crippen molar-refractivity contribution in [3.8, 4) is 0 Å². The molecule has 0 aromatic carbocycles. The first-order valence-electron chi connectivity index (χ1n) is 8.20. The van der Waals surface area contributed by atoms with Gasteiger partial charge < -0.3 is 10.6 Å². The fourth-order valence-electron chi connectivity index (χ4n) is 1.93. The van der Waals surface area contributed by atoms with Gasteiger partial charge in [0.15, 0.2) is 0 Å². The predicted octanol–water partition coefficient (Wildman–Crippen LogP) is 3.16. The fraction of sp³-hybridized carbons (Fsp3) is 0.875. The molecule has 20 heavy (non-hydrogen) atoms. The molecule has 0 aromatic heterocycles. The SMILES string of the molecule is CCCCCCCCCCNC(=O)C(=O)N[C@@H](C)CC. The molecule has 0 aromatic rings. The summed E-state index contributed by atoms with van der Waals surface area (Å²) in [5, 5.41) is 5.33. The Hall–Kier alpha value is -1.06. The molecule has 0 aliphatic rings. The summed E-state index contributed by atoms with van der Waals surface area (Å²) >= 11 is 0. The van der Waals surface area contributed by atoms with Crippen LogP contribution in [-0.4, -0.2) is 24.4 Å². The number of carbonyl (C=O) groups excluding carboxylic acids is 2. The summed E-state index contributed by atoms with van der Waals surface area (Å²) in [6.45, 7) is 6.69. The number of amides is 2. The molecule has 0 saturated carbocycles. The molecule has 2 N–H and O–H groups in total. The van der Waals surface area contributed by atoms with E-state index in [1.54, 1.807) is 0 Å². The summed E-state index contributed by atoms with van der Waals surface area (Å²) in [5.41, 5.74) is 0. The highest BCUT2D eigenvalue weighted by atomic mass is 16.2. The maximum atomic E-state index is 11.5. The van der Waals surface area contributed by atoms with E-state index >= 15 is 0 Å². The van der Waals surface area contributed by atoms with Gasteiger partial charge in [-0.3, -0.25) is 9.59 Å². The first kappa shape index (κ1) is 18.9. The number of rotatable bonds is 11. The third kappa shape index (κ3) is 10.8. The summed E-state index contributed by atoms with van der Waals surface area (Å²) in [6.07, 6.45) is 10.7. The fourth-order valence-corrected chi connectivity index (χ4v) is 1.93. The van der Waals surface area contributed by atoms with E-state index in [4.69, 9.17) is 0 Å². The third-order valence-electron chi connectivity index (χ3n) is 3.51. The number of hydrogen-bond acceptors (Lipinski definition) is 2. The van der Waals surface area contributed by atoms with E-state index in [1.807, 2.05) is 13.8 Å². The van der Waals surface area contributed by atoms with Crippen LogP contribution in [0.2, 0.25) is 0 Å². The van der Waals surface area contributed by atoms with Gasteiger partial charge in [0.2, 0.25) is 0 Å². The highest BCUT2D eigenvalue weighted by molar-refractivity contribution is 6.35. The van der Waals surface area contributed by atoms with E-state index in [0.717, 1.165) is 19.3 Å². The van der Waals surface area contributed by atoms with Crippen LogP contribution in [-0.2, 0) is 9.59 Å². The Morgan fingerprint density at radius 1 is 0.850 bits per heavy atom. The minimum atomic E-state index is -0.515. The number of carbonyl (C=O) groups is 2. The monoisotopic (exact) mass is 284 g/mol. The highest BCUT2D eigenvalue weighted by Gasteiger charge is 2.14. The lowest BCUT2D eigenvalue weighted by Crippen LogP contribution is -2.43. The Morgan fingerprint density at radius 3 is 1.95 bits per heavy atom. The van der Waals surface area contributed by atoms with Gasteiger partial charge in [0.25, 0.3) is 0 Å². The van der Waals surface area contributed by atoms with Crippen LogP contribution in [0.5, 0.6) is 0 Å². The van der Waals surface area contributed by atoms with Crippen molar-refractivity contribution in [2.24, 2.45) is 0 Å². The molecule has 4 nitrogen and oxygen atoms in total. The molecule has 0 aliphatic heterocycles. The van der Waals surface area contributed by atoms with Gasteiger partial charge in [-0.15, -0.1) is 0 Å². The second-order valence-corrected chi connectivity index (χ2v) is 5.51. The van der Waals surface area contributed by atoms with E-state index < -0.39 is 11.8 Å². The average molecular weight is 284 g/mol. The van der Waals surface area contributed by atoms with E-state index in [-0.39, 0.29) is 6.04 Å². The van der Waals surface area contributed by atoms with Crippen molar-refractivity contribution in [2.45, 2.75) is 84.6 Å². The first-order valence-corrected chi connectivity index (χ1v) is 8.20. The van der Waals surface area contributed by atoms with Gasteiger partial charge in [-0.05, 0) is 19.8 Å². The van der Waals surface area contributed by atoms with Gasteiger partial charge in [-0.1, -0.05) is 58.8 Å². The van der Waals surface area contributed by atoms with Crippen LogP contribution in [0.1, 0.15) is 78.6 Å². The van der Waals surface area contributed by atoms with Gasteiger partial charge in [0.05, 0.1) is 0 Å². The lowest BCUT2D eigenvalue weighted by molar-refractivity contribution is -0.139. The second kappa shape index (κ2) is 12.9. The van der Waals surface area contributed by atoms with Crippen molar-refractivity contribution in [3.05, 3.63) is 0 Å². The molecule has 0 heterocycles. The highest BCUT2D eigenvalue weighted by Crippen LogP contribution is 2.07. The lowest BCUT2D eigenvalue weighted by atomic mass is 10.1. The molecule has 118 valence electrons. The molecular formula is C16H32N2O2. The van der Waals surface area contributed by atoms with Crippen LogP contribution in [0.15, 0.2) is 0 Å². The van der Waals surface area contributed by atoms with Gasteiger partial charge in [-0.2, -0.15) is 0 Å². The van der Waals surface area contributed by atoms with Crippen LogP contribution in [0.3, 0.4) is 0 Å². The van der Waals surface area contributed by atoms with E-state index in [9.17, 15) is 9.59 Å². The van der Waals surface area contributed by atoms with Gasteiger partial charge in [0.1, 0.15) is 0 Å². The standard InChI is InChI=1S/C16H32N2O2/c1-4-6-7-8-9-10-11-12-13-17-15(19)16(20)18-14(3)5-2/h14H,4-13H2,1-3H3,(H,17,19)(H,18,20)/t14-/m0/s1. The normalized spacial score (nSPS) is 11.9. The maximum Gasteiger partial charge on any atom is 0.309 e. The summed E-state index contributed by atoms with van der Waals surface area (Å²) in [5.74, 6) is -1.02. The van der Waals surface area contributed by atoms with Crippen molar-refractivity contribution in [3.63, 3.8) is 0 Å². The predicted molar refractivity (Wildman–Crippen MR) is 83.5 cm³/mol. The van der Waals surface area contributed by atoms with Crippen molar-refractivity contribution >= 4 is 11.8 Å². The molecule has 0 bridgehead atoms. The van der Waals surface area contributed by atoms with E-state index in [1.165, 1.54) is 38.5 Å². The van der Waals surface area contributed by atoms with Gasteiger partial charge in [0, 0.05) is 12.6 Å². The average Bonchev–Trinajstić information content (AvgIpc) is 2.45. The summed E-state index contributed by atoms with van der Waals surface area (Å²) < 4.78 is 0. The molecule has 2 amide bonds. The Balaban J connectivity index is 3.41. The Labute approximate surface area is 124 Å². The Bertz CT molecular complexity index is 267. The lowest BCUT2D eigenvalue weighted by Gasteiger charge is -2.11. The minimum Gasteiger partial charge on any atom is -0.348 e. The van der Waals surface area contributed by atoms with Crippen molar-refractivity contribution in [1.82, 2.24) is 10.6 Å². The molecule has 0 saturated heterocycles. The largest absolute Gasteiger partial charge is 0.348 e. The maximum absolute atomic E-state index is 11.5. The Morgan fingerprint density at radius 2 is 1.40 bits per heavy atom. The molecule has 0 unspecified atom stereocenters. The second-order valence-electron chi connectivity index (χ2n) is 5.51. The zero-order valence-electron chi connectivity index (χ0n) is 13.5. The van der Waals surface area contributed by atoms with Crippen LogP contribution in [0, 0.1) is 0 Å². The third-order valence-corrected chi connectivity index (χ3v) is 3.51. The number of unbranched alkanes of at least 4 members (excludes halogenated alkanes) is 7. The Kier molecular flexibility index (Phi) is 12.3. The zero-order chi connectivity index (χ0) is 15.2. The molecular weight excluding hydrogens is 252 g/mol. The minimum absolute atomic E-state index is 0.0522. The number of hydrogen-bond donors (Lipinski definition) is 2. The summed E-state index contributed by atoms with van der Waals surface area (Å²) in [6, 6.07) is 0.0522. The van der Waals surface area contributed by atoms with Crippen LogP contribution >= 0.6 is 0 Å². The molecule has 0 spiro atoms. The van der Waals surface area contributed by atoms with Gasteiger partial charge in [-0.25, -0.2) is 0 Å². The van der Waals surface area contributed by atoms with E-state index in [0.29, 0.717) is 6.54 Å². The zero-order valence-corrected chi connectivity index (χ0v) is 13.5. The topological polar surface area (TPSA) is 58.2 Å².